The maximum atomic E-state index is 11.7. The smallest absolute Gasteiger partial charge is 0.372 e. The van der Waals surface area contributed by atoms with Crippen LogP contribution >= 0.6 is 15.9 Å². The highest BCUT2D eigenvalue weighted by Crippen LogP contribution is 2.28. The zero-order valence-electron chi connectivity index (χ0n) is 13.4. The quantitative estimate of drug-likeness (QED) is 0.353. The van der Waals surface area contributed by atoms with E-state index < -0.39 is 5.97 Å². The molecule has 0 unspecified atom stereocenters. The van der Waals surface area contributed by atoms with E-state index in [1.807, 2.05) is 12.1 Å². The summed E-state index contributed by atoms with van der Waals surface area (Å²) in [5.74, 6) is 0.381. The summed E-state index contributed by atoms with van der Waals surface area (Å²) in [5.41, 5.74) is 7.44. The van der Waals surface area contributed by atoms with Crippen LogP contribution in [-0.4, -0.2) is 23.4 Å². The summed E-state index contributed by atoms with van der Waals surface area (Å²) in [6.07, 6.45) is 3.13. The van der Waals surface area contributed by atoms with Crippen molar-refractivity contribution in [2.75, 3.05) is 6.61 Å². The number of hydrogen-bond donors (Lipinski definition) is 1. The minimum Gasteiger partial charge on any atom is -0.481 e. The van der Waals surface area contributed by atoms with Crippen LogP contribution in [0.5, 0.6) is 5.75 Å². The molecule has 24 heavy (non-hydrogen) atoms. The Morgan fingerprint density at radius 1 is 1.38 bits per heavy atom. The van der Waals surface area contributed by atoms with Crippen LogP contribution in [0, 0.1) is 0 Å². The van der Waals surface area contributed by atoms with Gasteiger partial charge in [-0.05, 0) is 51.7 Å². The van der Waals surface area contributed by atoms with Crippen molar-refractivity contribution in [1.82, 2.24) is 4.98 Å². The molecule has 126 valence electrons. The number of aromatic nitrogens is 1. The molecule has 2 rings (SSSR count). The second-order valence-corrected chi connectivity index (χ2v) is 6.17. The van der Waals surface area contributed by atoms with Gasteiger partial charge in [-0.3, -0.25) is 4.98 Å². The Bertz CT molecular complexity index is 733. The Balaban J connectivity index is 1.89. The van der Waals surface area contributed by atoms with Crippen molar-refractivity contribution in [2.45, 2.75) is 19.8 Å². The average molecular weight is 392 g/mol. The lowest BCUT2D eigenvalue weighted by molar-refractivity contribution is -0.146. The van der Waals surface area contributed by atoms with E-state index in [1.54, 1.807) is 24.4 Å². The standard InChI is InChI=1S/C17H18BrN3O3/c1-11(2)12-5-6-15(14(18)8-12)23-10-16(22)24-21-17(19)13-4-3-7-20-9-13/h3-9,11H,10H2,1-2H3,(H2,19,21). The fourth-order valence-corrected chi connectivity index (χ4v) is 2.33. The number of pyridine rings is 1. The molecule has 0 fully saturated rings. The van der Waals surface area contributed by atoms with Gasteiger partial charge in [-0.2, -0.15) is 0 Å². The van der Waals surface area contributed by atoms with Crippen LogP contribution in [-0.2, 0) is 9.63 Å². The van der Waals surface area contributed by atoms with Gasteiger partial charge < -0.3 is 15.3 Å². The SMILES string of the molecule is CC(C)c1ccc(OCC(=O)O/N=C(\N)c2cccnc2)c(Br)c1. The average Bonchev–Trinajstić information content (AvgIpc) is 2.59. The van der Waals surface area contributed by atoms with E-state index in [9.17, 15) is 4.79 Å². The minimum absolute atomic E-state index is 0.0684. The van der Waals surface area contributed by atoms with E-state index in [-0.39, 0.29) is 12.4 Å². The van der Waals surface area contributed by atoms with Gasteiger partial charge >= 0.3 is 5.97 Å². The van der Waals surface area contributed by atoms with Crippen molar-refractivity contribution in [3.63, 3.8) is 0 Å². The first-order chi connectivity index (χ1) is 11.5. The third-order valence-corrected chi connectivity index (χ3v) is 3.79. The number of hydrogen-bond acceptors (Lipinski definition) is 5. The molecule has 2 N–H and O–H groups in total. The Hall–Kier alpha value is -2.41. The Labute approximate surface area is 148 Å². The summed E-state index contributed by atoms with van der Waals surface area (Å²) in [4.78, 5) is 20.3. The van der Waals surface area contributed by atoms with Crippen LogP contribution < -0.4 is 10.5 Å². The fourth-order valence-electron chi connectivity index (χ4n) is 1.82. The van der Waals surface area contributed by atoms with Gasteiger partial charge in [-0.15, -0.1) is 0 Å². The summed E-state index contributed by atoms with van der Waals surface area (Å²) in [7, 11) is 0. The van der Waals surface area contributed by atoms with Gasteiger partial charge in [0, 0.05) is 18.0 Å². The van der Waals surface area contributed by atoms with E-state index in [0.717, 1.165) is 4.47 Å². The Morgan fingerprint density at radius 2 is 2.17 bits per heavy atom. The van der Waals surface area contributed by atoms with Crippen LogP contribution in [0.1, 0.15) is 30.9 Å². The molecule has 0 aliphatic heterocycles. The summed E-state index contributed by atoms with van der Waals surface area (Å²) in [6, 6.07) is 9.14. The summed E-state index contributed by atoms with van der Waals surface area (Å²) in [6.45, 7) is 3.93. The van der Waals surface area contributed by atoms with Crippen LogP contribution in [0.25, 0.3) is 0 Å². The van der Waals surface area contributed by atoms with E-state index in [4.69, 9.17) is 15.3 Å². The maximum Gasteiger partial charge on any atom is 0.372 e. The second-order valence-electron chi connectivity index (χ2n) is 5.31. The molecule has 0 aliphatic carbocycles. The molecule has 0 radical (unpaired) electrons. The van der Waals surface area contributed by atoms with E-state index >= 15 is 0 Å². The van der Waals surface area contributed by atoms with Crippen molar-refractivity contribution in [3.8, 4) is 5.75 Å². The highest BCUT2D eigenvalue weighted by atomic mass is 79.9. The van der Waals surface area contributed by atoms with Gasteiger partial charge in [0.1, 0.15) is 5.75 Å². The van der Waals surface area contributed by atoms with Gasteiger partial charge in [-0.25, -0.2) is 4.79 Å². The van der Waals surface area contributed by atoms with Crippen molar-refractivity contribution < 1.29 is 14.4 Å². The first-order valence-electron chi connectivity index (χ1n) is 7.33. The van der Waals surface area contributed by atoms with Crippen molar-refractivity contribution in [2.24, 2.45) is 10.9 Å². The van der Waals surface area contributed by atoms with Crippen LogP contribution in [0.2, 0.25) is 0 Å². The van der Waals surface area contributed by atoms with Crippen molar-refractivity contribution >= 4 is 27.7 Å². The lowest BCUT2D eigenvalue weighted by Gasteiger charge is -2.10. The highest BCUT2D eigenvalue weighted by molar-refractivity contribution is 9.10. The number of carbonyl (C=O) groups excluding carboxylic acids is 1. The number of carbonyl (C=O) groups is 1. The molecular weight excluding hydrogens is 374 g/mol. The lowest BCUT2D eigenvalue weighted by Crippen LogP contribution is -2.18. The minimum atomic E-state index is -0.651. The molecule has 7 heteroatoms. The monoisotopic (exact) mass is 391 g/mol. The molecule has 6 nitrogen and oxygen atoms in total. The topological polar surface area (TPSA) is 86.8 Å². The Morgan fingerprint density at radius 3 is 2.79 bits per heavy atom. The van der Waals surface area contributed by atoms with Crippen LogP contribution in [0.15, 0.2) is 52.4 Å². The highest BCUT2D eigenvalue weighted by Gasteiger charge is 2.09. The van der Waals surface area contributed by atoms with Gasteiger partial charge in [0.2, 0.25) is 0 Å². The number of halogens is 1. The van der Waals surface area contributed by atoms with Crippen molar-refractivity contribution in [1.29, 1.82) is 0 Å². The van der Waals surface area contributed by atoms with Crippen molar-refractivity contribution in [3.05, 3.63) is 58.3 Å². The predicted molar refractivity (Wildman–Crippen MR) is 94.8 cm³/mol. The second kappa shape index (κ2) is 8.44. The van der Waals surface area contributed by atoms with Gasteiger partial charge in [0.05, 0.1) is 4.47 Å². The van der Waals surface area contributed by atoms with Gasteiger partial charge in [0.25, 0.3) is 0 Å². The number of rotatable bonds is 6. The number of amidine groups is 1. The van der Waals surface area contributed by atoms with E-state index in [0.29, 0.717) is 17.2 Å². The number of nitrogens with zero attached hydrogens (tertiary/aromatic N) is 2. The molecule has 0 spiro atoms. The van der Waals surface area contributed by atoms with Gasteiger partial charge in [0.15, 0.2) is 12.4 Å². The molecule has 2 aromatic rings. The molecule has 0 aliphatic rings. The fraction of sp³-hybridized carbons (Fsp3) is 0.235. The first-order valence-corrected chi connectivity index (χ1v) is 8.12. The number of nitrogens with two attached hydrogens (primary N) is 1. The lowest BCUT2D eigenvalue weighted by atomic mass is 10.0. The molecular formula is C17H18BrN3O3. The molecule has 1 aromatic carbocycles. The Kier molecular flexibility index (Phi) is 6.31. The molecule has 0 saturated heterocycles. The number of ether oxygens (including phenoxy) is 1. The summed E-state index contributed by atoms with van der Waals surface area (Å²) in [5, 5.41) is 3.58. The predicted octanol–water partition coefficient (Wildman–Crippen LogP) is 3.21. The van der Waals surface area contributed by atoms with Gasteiger partial charge in [-0.1, -0.05) is 25.1 Å². The summed E-state index contributed by atoms with van der Waals surface area (Å²) >= 11 is 3.43. The largest absolute Gasteiger partial charge is 0.481 e. The molecule has 0 atom stereocenters. The molecule has 1 heterocycles. The number of oxime groups is 1. The first kappa shape index (κ1) is 17.9. The van der Waals surface area contributed by atoms with Crippen LogP contribution in [0.3, 0.4) is 0 Å². The third-order valence-electron chi connectivity index (χ3n) is 3.17. The molecule has 0 saturated carbocycles. The maximum absolute atomic E-state index is 11.7. The molecule has 0 amide bonds. The number of benzene rings is 1. The third kappa shape index (κ3) is 5.06. The van der Waals surface area contributed by atoms with E-state index in [1.165, 1.54) is 11.8 Å². The summed E-state index contributed by atoms with van der Waals surface area (Å²) < 4.78 is 6.21. The normalized spacial score (nSPS) is 11.4. The zero-order chi connectivity index (χ0) is 17.5. The zero-order valence-corrected chi connectivity index (χ0v) is 15.0. The molecule has 0 bridgehead atoms. The molecule has 1 aromatic heterocycles. The van der Waals surface area contributed by atoms with Crippen LogP contribution in [0.4, 0.5) is 0 Å². The van der Waals surface area contributed by atoms with E-state index in [2.05, 4.69) is 39.9 Å².